The number of fused-ring (bicyclic) bond motifs is 18. The quantitative estimate of drug-likeness (QED) is 0.105. The molecule has 0 N–H and O–H groups in total. The van der Waals surface area contributed by atoms with Crippen LogP contribution in [0.15, 0.2) is 185 Å². The van der Waals surface area contributed by atoms with Gasteiger partial charge in [0.25, 0.3) is 0 Å². The fraction of sp³-hybridized carbons (Fsp3) is 0.281. The summed E-state index contributed by atoms with van der Waals surface area (Å²) in [5.41, 5.74) is 23.3. The Bertz CT molecular complexity index is 8660. The van der Waals surface area contributed by atoms with Crippen LogP contribution >= 0.6 is 200 Å². The Kier molecular flexibility index (Phi) is 25.4. The summed E-state index contributed by atoms with van der Waals surface area (Å²) >= 11 is 36.3. The summed E-state index contributed by atoms with van der Waals surface area (Å²) in [6.07, 6.45) is 7.09. The van der Waals surface area contributed by atoms with Crippen LogP contribution < -0.4 is 2.89 Å². The zero-order valence-corrected chi connectivity index (χ0v) is 107. The molecule has 2 aliphatic carbocycles. The fourth-order valence-electron chi connectivity index (χ4n) is 22.1. The molecule has 12 aromatic carbocycles. The molecule has 734 valence electrons. The van der Waals surface area contributed by atoms with Crippen LogP contribution in [0.25, 0.3) is 209 Å². The van der Waals surface area contributed by atoms with Crippen LogP contribution in [0.4, 0.5) is 0 Å². The van der Waals surface area contributed by atoms with Gasteiger partial charge in [0, 0.05) is 119 Å². The van der Waals surface area contributed by atoms with Crippen LogP contribution in [0, 0.1) is 48.5 Å². The van der Waals surface area contributed by atoms with Gasteiger partial charge in [0.2, 0.25) is 0 Å². The van der Waals surface area contributed by atoms with Crippen LogP contribution in [-0.4, -0.2) is 18.4 Å². The van der Waals surface area contributed by atoms with E-state index in [4.69, 9.17) is 0 Å². The molecule has 0 atom stereocenters. The van der Waals surface area contributed by atoms with Gasteiger partial charge in [0.15, 0.2) is 0 Å². The van der Waals surface area contributed by atoms with E-state index in [9.17, 15) is 0 Å². The second-order valence-electron chi connectivity index (χ2n) is 48.0. The minimum absolute atomic E-state index is 0.0249. The molecule has 145 heavy (non-hydrogen) atoms. The van der Waals surface area contributed by atoms with E-state index in [0.29, 0.717) is 0 Å². The predicted octanol–water partition coefficient (Wildman–Crippen LogP) is 46.9. The number of halogens is 4. The van der Waals surface area contributed by atoms with Crippen LogP contribution in [0.5, 0.6) is 0 Å². The molecular formula is C128H118Br4S12Sn. The second kappa shape index (κ2) is 36.3. The summed E-state index contributed by atoms with van der Waals surface area (Å²) in [5, 5.41) is 31.0. The van der Waals surface area contributed by atoms with Gasteiger partial charge in [0.05, 0.1) is 15.1 Å². The topological polar surface area (TPSA) is 0 Å². The van der Waals surface area contributed by atoms with Crippen molar-refractivity contribution in [3.05, 3.63) is 287 Å². The number of thiophene rings is 12. The first-order valence-electron chi connectivity index (χ1n) is 50.2. The Balaban J connectivity index is 0.000000111. The molecule has 0 aliphatic heterocycles. The van der Waals surface area contributed by atoms with Gasteiger partial charge in [0.1, 0.15) is 0 Å². The van der Waals surface area contributed by atoms with Gasteiger partial charge in [-0.05, 0) is 412 Å². The largest absolute Gasteiger partial charge is 0.140 e. The number of hydrogen-bond donors (Lipinski definition) is 0. The molecular weight excluding hydrogens is 2360 g/mol. The predicted molar refractivity (Wildman–Crippen MR) is 684 cm³/mol. The van der Waals surface area contributed by atoms with Gasteiger partial charge in [-0.25, -0.2) is 0 Å². The zero-order valence-electron chi connectivity index (χ0n) is 87.6. The van der Waals surface area contributed by atoms with Gasteiger partial charge >= 0.3 is 177 Å². The first kappa shape index (κ1) is 102. The molecule has 0 saturated heterocycles. The van der Waals surface area contributed by atoms with Crippen molar-refractivity contribution >= 4 is 382 Å². The number of aryl methyl sites for hydroxylation is 7. The number of hydrogen-bond acceptors (Lipinski definition) is 12. The molecule has 0 spiro atoms. The third kappa shape index (κ3) is 17.9. The van der Waals surface area contributed by atoms with Crippen molar-refractivity contribution in [1.82, 2.24) is 0 Å². The van der Waals surface area contributed by atoms with E-state index in [0.717, 1.165) is 12.8 Å². The first-order chi connectivity index (χ1) is 68.2. The maximum absolute atomic E-state index is 3.81. The Morgan fingerprint density at radius 1 is 0.221 bits per heavy atom. The molecule has 0 fully saturated rings. The van der Waals surface area contributed by atoms with Crippen LogP contribution in [0.1, 0.15) is 227 Å². The SMILES string of the molecule is CC(C)(C)c1cc2c3cc(Br)sc3c3cc(C(C)(C)C)cc4c5cc(Br)sc5c(c1)c2c43.CC(C)(C)c1cc2c3cc(Br)sc3c3cc(C(C)(C)C)cc4c5sc(Br)cc5c(c1)c2c34.Cc1cc(C)c(-c2ccc(-c3ccc(-c4s[c]([Sn]([CH3])([CH3])[CH3])cc4C)s3)s2)s1.Cc1ccc(-c2sc(C3=Cc4c(c5cc(C(C)(C)C)cc6c7c(c8cc(C(C)(C)C)cc4c8c56)C=C(c4cc(C)c(-c5ccc(C)s5)s4)C7)C3)cc2C)s1. The minimum Gasteiger partial charge on any atom is -0.140 e. The van der Waals surface area contributed by atoms with Gasteiger partial charge in [-0.2, -0.15) is 0 Å². The standard InChI is InChI=1S/C50H46S4.2C28H24Br2S2.C19H15S4.3CH3.Sn/c1-25-15-43(53-47(25)41-13-11-27(3)51-41)29-17-33-34(18-29)38-22-32(50(8,9)10)24-40-36-20-30(44-16-26(2)48(54-44)42-14-12-28(4)52-42)19-35(36)39-23-31(49(5,6)7)21-37(33)45(39)46(38)40;1-27(2,3)13-7-15-17-11-21(29)32-26(17)20-10-14(28(4,5)6)8-16-18-12-22(30)31-25(18)19(9-13)23(15)24(16)20;1-27(2,3)13-7-15-17-11-21(29)31-25(17)19-9-14(28(4,5)6)10-20-24(19)23(15)16(8-13)18-12-22(30)32-26(18)20;1-11-8-9-20-18(11)16-6-4-14(22-16)15-5-7-17(23-15)19-12(2)10-13(3)21-19;;;;/h11-17,19,21-24H,18,20H2,1-10H3;2*7-12H,1-6H3;4-8,10H,1-3H3;3*1H3;. The molecule has 17 heteroatoms. The van der Waals surface area contributed by atoms with Crippen molar-refractivity contribution in [3.8, 4) is 48.8 Å². The molecule has 0 radical (unpaired) electrons. The van der Waals surface area contributed by atoms with Crippen molar-refractivity contribution in [3.63, 3.8) is 0 Å². The van der Waals surface area contributed by atoms with Crippen molar-refractivity contribution < 1.29 is 0 Å². The summed E-state index contributed by atoms with van der Waals surface area (Å²) in [4.78, 5) is 28.6. The van der Waals surface area contributed by atoms with Gasteiger partial charge in [-0.3, -0.25) is 0 Å². The van der Waals surface area contributed by atoms with E-state index in [2.05, 4.69) is 434 Å². The summed E-state index contributed by atoms with van der Waals surface area (Å²) in [5.74, 6) is 0. The van der Waals surface area contributed by atoms with Gasteiger partial charge in [-0.1, -0.05) is 137 Å². The molecule has 0 saturated carbocycles. The third-order valence-corrected chi connectivity index (χ3v) is 56.2. The monoisotopic (exact) mass is 2470 g/mol. The molecule has 0 bridgehead atoms. The molecule has 0 nitrogen and oxygen atoms in total. The normalized spacial score (nSPS) is 13.7. The van der Waals surface area contributed by atoms with E-state index in [-0.39, 0.29) is 32.5 Å². The Labute approximate surface area is 939 Å². The summed E-state index contributed by atoms with van der Waals surface area (Å²) in [7, 11) is 0. The molecule has 2 aliphatic rings. The van der Waals surface area contributed by atoms with Crippen molar-refractivity contribution in [2.45, 2.75) is 233 Å². The maximum atomic E-state index is 3.81. The Hall–Kier alpha value is -6.60. The first-order valence-corrected chi connectivity index (χ1v) is 73.1. The van der Waals surface area contributed by atoms with Crippen molar-refractivity contribution in [1.29, 1.82) is 0 Å². The van der Waals surface area contributed by atoms with Gasteiger partial charge in [-0.15, -0.1) is 90.7 Å². The zero-order chi connectivity index (χ0) is 102. The van der Waals surface area contributed by atoms with Crippen LogP contribution in [0.3, 0.4) is 0 Å². The molecule has 24 aromatic rings. The fourth-order valence-corrected chi connectivity index (χ4v) is 43.2. The summed E-state index contributed by atoms with van der Waals surface area (Å²) in [6, 6.07) is 67.2. The Morgan fingerprint density at radius 2 is 0.476 bits per heavy atom. The van der Waals surface area contributed by atoms with Gasteiger partial charge < -0.3 is 0 Å². The van der Waals surface area contributed by atoms with Crippen LogP contribution in [-0.2, 0) is 45.3 Å². The van der Waals surface area contributed by atoms with Crippen molar-refractivity contribution in [2.24, 2.45) is 0 Å². The Morgan fingerprint density at radius 3 is 0.779 bits per heavy atom. The average molecular weight is 2480 g/mol. The summed E-state index contributed by atoms with van der Waals surface area (Å²) < 4.78 is 12.0. The van der Waals surface area contributed by atoms with E-state index in [1.165, 1.54) is 315 Å². The molecule has 26 rings (SSSR count). The van der Waals surface area contributed by atoms with Crippen LogP contribution in [0.2, 0.25) is 14.8 Å². The average Bonchev–Trinajstić information content (AvgIpc) is 1.61. The number of allylic oxidation sites excluding steroid dienone is 2. The number of benzene rings is 12. The van der Waals surface area contributed by atoms with E-state index < -0.39 is 18.4 Å². The maximum Gasteiger partial charge on any atom is 0.0478 e. The minimum atomic E-state index is -1.99. The summed E-state index contributed by atoms with van der Waals surface area (Å²) in [6.45, 7) is 57.8. The molecule has 12 heterocycles. The van der Waals surface area contributed by atoms with E-state index in [1.807, 2.05) is 136 Å². The molecule has 0 amide bonds. The van der Waals surface area contributed by atoms with E-state index in [1.54, 1.807) is 2.89 Å². The third-order valence-electron chi connectivity index (χ3n) is 30.0. The number of rotatable bonds is 8. The van der Waals surface area contributed by atoms with E-state index >= 15 is 0 Å². The molecule has 0 unspecified atom stereocenters. The second-order valence-corrected chi connectivity index (χ2v) is 82.3. The van der Waals surface area contributed by atoms with Crippen molar-refractivity contribution in [2.75, 3.05) is 0 Å². The smallest absolute Gasteiger partial charge is 0.0478 e. The molecule has 12 aromatic heterocycles.